The summed E-state index contributed by atoms with van der Waals surface area (Å²) in [5.74, 6) is 0.559. The quantitative estimate of drug-likeness (QED) is 0.840. The molecule has 2 heterocycles. The van der Waals surface area contributed by atoms with Crippen LogP contribution in [-0.2, 0) is 11.8 Å². The first-order chi connectivity index (χ1) is 7.81. The third-order valence-corrected chi connectivity index (χ3v) is 3.13. The number of aryl methyl sites for hydroxylation is 1. The lowest BCUT2D eigenvalue weighted by molar-refractivity contribution is 0.0387. The molecule has 1 aliphatic rings. The van der Waals surface area contributed by atoms with Crippen molar-refractivity contribution >= 4 is 0 Å². The number of nitrogens with zero attached hydrogens (tertiary/aromatic N) is 2. The van der Waals surface area contributed by atoms with Crippen LogP contribution in [0.15, 0.2) is 12.5 Å². The molecule has 1 N–H and O–H groups in total. The summed E-state index contributed by atoms with van der Waals surface area (Å²) in [6.45, 7) is 4.88. The van der Waals surface area contributed by atoms with E-state index in [9.17, 15) is 0 Å². The minimum absolute atomic E-state index is 0.339. The molecule has 90 valence electrons. The van der Waals surface area contributed by atoms with Crippen LogP contribution in [0.2, 0.25) is 0 Å². The van der Waals surface area contributed by atoms with E-state index in [0.717, 1.165) is 25.5 Å². The van der Waals surface area contributed by atoms with Crippen LogP contribution in [0.25, 0.3) is 0 Å². The minimum atomic E-state index is 0.339. The predicted octanol–water partition coefficient (Wildman–Crippen LogP) is 1.50. The Hall–Kier alpha value is -0.870. The van der Waals surface area contributed by atoms with E-state index < -0.39 is 0 Å². The number of nitrogens with one attached hydrogen (secondary N) is 1. The summed E-state index contributed by atoms with van der Waals surface area (Å²) in [4.78, 5) is 4.45. The van der Waals surface area contributed by atoms with Gasteiger partial charge >= 0.3 is 0 Å². The van der Waals surface area contributed by atoms with Crippen LogP contribution in [0, 0.1) is 5.92 Å². The Morgan fingerprint density at radius 3 is 3.12 bits per heavy atom. The highest BCUT2D eigenvalue weighted by atomic mass is 16.5. The van der Waals surface area contributed by atoms with Gasteiger partial charge in [0.25, 0.3) is 0 Å². The maximum atomic E-state index is 5.56. The van der Waals surface area contributed by atoms with Crippen molar-refractivity contribution in [1.29, 1.82) is 0 Å². The third kappa shape index (κ3) is 2.62. The van der Waals surface area contributed by atoms with Crippen LogP contribution in [0.1, 0.15) is 31.5 Å². The molecule has 1 saturated heterocycles. The van der Waals surface area contributed by atoms with Gasteiger partial charge in [0.15, 0.2) is 0 Å². The molecule has 1 aromatic rings. The Morgan fingerprint density at radius 1 is 1.69 bits per heavy atom. The van der Waals surface area contributed by atoms with Crippen molar-refractivity contribution < 1.29 is 4.74 Å². The van der Waals surface area contributed by atoms with E-state index in [1.807, 2.05) is 17.9 Å². The molecule has 0 spiro atoms. The molecule has 2 atom stereocenters. The van der Waals surface area contributed by atoms with Gasteiger partial charge in [0.05, 0.1) is 24.7 Å². The molecular weight excluding hydrogens is 202 g/mol. The Bertz CT molecular complexity index is 318. The minimum Gasteiger partial charge on any atom is -0.381 e. The van der Waals surface area contributed by atoms with Crippen molar-refractivity contribution in [1.82, 2.24) is 14.9 Å². The zero-order valence-electron chi connectivity index (χ0n) is 10.1. The van der Waals surface area contributed by atoms with E-state index in [1.165, 1.54) is 12.8 Å². The number of imidazole rings is 1. The van der Waals surface area contributed by atoms with Crippen LogP contribution in [0.5, 0.6) is 0 Å². The third-order valence-electron chi connectivity index (χ3n) is 3.13. The molecule has 0 aliphatic carbocycles. The average Bonchev–Trinajstić information content (AvgIpc) is 2.74. The summed E-state index contributed by atoms with van der Waals surface area (Å²) in [6.07, 6.45) is 6.36. The second kappa shape index (κ2) is 5.46. The number of hydrogen-bond acceptors (Lipinski definition) is 3. The molecule has 0 radical (unpaired) electrons. The van der Waals surface area contributed by atoms with E-state index in [1.54, 1.807) is 0 Å². The molecule has 0 bridgehead atoms. The predicted molar refractivity (Wildman–Crippen MR) is 63.2 cm³/mol. The van der Waals surface area contributed by atoms with Crippen molar-refractivity contribution in [2.45, 2.75) is 25.8 Å². The van der Waals surface area contributed by atoms with Gasteiger partial charge in [0, 0.05) is 25.8 Å². The van der Waals surface area contributed by atoms with Gasteiger partial charge < -0.3 is 14.6 Å². The van der Waals surface area contributed by atoms with E-state index in [0.29, 0.717) is 12.0 Å². The molecule has 0 saturated carbocycles. The molecular formula is C12H21N3O. The first-order valence-electron chi connectivity index (χ1n) is 6.10. The van der Waals surface area contributed by atoms with Gasteiger partial charge in [-0.2, -0.15) is 0 Å². The van der Waals surface area contributed by atoms with E-state index in [-0.39, 0.29) is 0 Å². The standard InChI is InChI=1S/C12H21N3O/c1-3-13-12(10-5-4-6-16-8-10)11-7-15(2)9-14-11/h7,9-10,12-13H,3-6,8H2,1-2H3. The Balaban J connectivity index is 2.09. The maximum absolute atomic E-state index is 5.56. The highest BCUT2D eigenvalue weighted by Crippen LogP contribution is 2.27. The lowest BCUT2D eigenvalue weighted by atomic mass is 9.92. The summed E-state index contributed by atoms with van der Waals surface area (Å²) in [6, 6.07) is 0.339. The van der Waals surface area contributed by atoms with E-state index >= 15 is 0 Å². The fourth-order valence-corrected chi connectivity index (χ4v) is 2.35. The summed E-state index contributed by atoms with van der Waals surface area (Å²) in [7, 11) is 2.01. The van der Waals surface area contributed by atoms with Crippen LogP contribution in [0.3, 0.4) is 0 Å². The van der Waals surface area contributed by atoms with Gasteiger partial charge in [-0.15, -0.1) is 0 Å². The maximum Gasteiger partial charge on any atom is 0.0947 e. The first-order valence-corrected chi connectivity index (χ1v) is 6.10. The van der Waals surface area contributed by atoms with Crippen molar-refractivity contribution in [2.75, 3.05) is 19.8 Å². The molecule has 16 heavy (non-hydrogen) atoms. The lowest BCUT2D eigenvalue weighted by Crippen LogP contribution is -2.33. The first kappa shape index (κ1) is 11.6. The Labute approximate surface area is 97.0 Å². The normalized spacial score (nSPS) is 23.2. The number of aromatic nitrogens is 2. The fourth-order valence-electron chi connectivity index (χ4n) is 2.35. The molecule has 1 fully saturated rings. The van der Waals surface area contributed by atoms with E-state index in [4.69, 9.17) is 4.74 Å². The molecule has 2 rings (SSSR count). The number of ether oxygens (including phenoxy) is 1. The van der Waals surface area contributed by atoms with Gasteiger partial charge in [0.1, 0.15) is 0 Å². The number of hydrogen-bond donors (Lipinski definition) is 1. The van der Waals surface area contributed by atoms with Crippen molar-refractivity contribution in [3.05, 3.63) is 18.2 Å². The highest BCUT2D eigenvalue weighted by molar-refractivity contribution is 5.06. The second-order valence-electron chi connectivity index (χ2n) is 4.48. The fraction of sp³-hybridized carbons (Fsp3) is 0.750. The molecule has 1 aliphatic heterocycles. The average molecular weight is 223 g/mol. The van der Waals surface area contributed by atoms with Gasteiger partial charge in [-0.05, 0) is 19.4 Å². The Morgan fingerprint density at radius 2 is 2.56 bits per heavy atom. The van der Waals surface area contributed by atoms with Gasteiger partial charge in [-0.1, -0.05) is 6.92 Å². The topological polar surface area (TPSA) is 39.1 Å². The molecule has 1 aromatic heterocycles. The lowest BCUT2D eigenvalue weighted by Gasteiger charge is -2.29. The zero-order chi connectivity index (χ0) is 11.4. The molecule has 0 aromatic carbocycles. The van der Waals surface area contributed by atoms with Crippen molar-refractivity contribution in [3.63, 3.8) is 0 Å². The molecule has 2 unspecified atom stereocenters. The second-order valence-corrected chi connectivity index (χ2v) is 4.48. The Kier molecular flexibility index (Phi) is 3.96. The van der Waals surface area contributed by atoms with Crippen LogP contribution in [0.4, 0.5) is 0 Å². The van der Waals surface area contributed by atoms with Crippen LogP contribution in [-0.4, -0.2) is 29.3 Å². The summed E-state index contributed by atoms with van der Waals surface area (Å²) in [5.41, 5.74) is 1.14. The molecule has 4 heteroatoms. The summed E-state index contributed by atoms with van der Waals surface area (Å²) in [5, 5.41) is 3.53. The monoisotopic (exact) mass is 223 g/mol. The van der Waals surface area contributed by atoms with E-state index in [2.05, 4.69) is 23.4 Å². The highest BCUT2D eigenvalue weighted by Gasteiger charge is 2.26. The van der Waals surface area contributed by atoms with Crippen molar-refractivity contribution in [2.24, 2.45) is 13.0 Å². The summed E-state index contributed by atoms with van der Waals surface area (Å²) < 4.78 is 7.57. The van der Waals surface area contributed by atoms with Crippen LogP contribution >= 0.6 is 0 Å². The van der Waals surface area contributed by atoms with Crippen LogP contribution < -0.4 is 5.32 Å². The summed E-state index contributed by atoms with van der Waals surface area (Å²) >= 11 is 0. The molecule has 4 nitrogen and oxygen atoms in total. The number of rotatable bonds is 4. The van der Waals surface area contributed by atoms with Crippen molar-refractivity contribution in [3.8, 4) is 0 Å². The van der Waals surface area contributed by atoms with Gasteiger partial charge in [-0.25, -0.2) is 4.98 Å². The van der Waals surface area contributed by atoms with Gasteiger partial charge in [0.2, 0.25) is 0 Å². The zero-order valence-corrected chi connectivity index (χ0v) is 10.1. The van der Waals surface area contributed by atoms with Gasteiger partial charge in [-0.3, -0.25) is 0 Å². The smallest absolute Gasteiger partial charge is 0.0947 e. The molecule has 0 amide bonds. The SMILES string of the molecule is CCNC(c1cn(C)cn1)C1CCCOC1. The largest absolute Gasteiger partial charge is 0.381 e.